The van der Waals surface area contributed by atoms with Gasteiger partial charge in [-0.15, -0.1) is 0 Å². The van der Waals surface area contributed by atoms with Gasteiger partial charge < -0.3 is 15.3 Å². The predicted octanol–water partition coefficient (Wildman–Crippen LogP) is 3.62. The highest BCUT2D eigenvalue weighted by molar-refractivity contribution is 5.93. The summed E-state index contributed by atoms with van der Waals surface area (Å²) < 4.78 is 31.7. The van der Waals surface area contributed by atoms with Crippen LogP contribution in [0.4, 0.5) is 13.2 Å². The van der Waals surface area contributed by atoms with Crippen LogP contribution in [0.15, 0.2) is 48.8 Å². The lowest BCUT2D eigenvalue weighted by atomic mass is 9.96. The normalized spacial score (nSPS) is 20.0. The molecule has 1 saturated carbocycles. The number of aryl methyl sites for hydroxylation is 1. The zero-order valence-electron chi connectivity index (χ0n) is 20.5. The molecule has 0 bridgehead atoms. The predicted molar refractivity (Wildman–Crippen MR) is 130 cm³/mol. The molecule has 8 nitrogen and oxygen atoms in total. The third kappa shape index (κ3) is 9.42. The van der Waals surface area contributed by atoms with Crippen LogP contribution in [0, 0.1) is 5.92 Å². The van der Waals surface area contributed by atoms with E-state index in [0.29, 0.717) is 17.5 Å². The van der Waals surface area contributed by atoms with E-state index in [1.165, 1.54) is 43.5 Å². The number of nitrogens with zero attached hydrogens (tertiary/aromatic N) is 2. The minimum absolute atomic E-state index is 0.465. The van der Waals surface area contributed by atoms with Gasteiger partial charge in [-0.05, 0) is 93.5 Å². The third-order valence-corrected chi connectivity index (χ3v) is 6.78. The SMILES string of the molecule is O=C(NO)c1ccc(CCCN2CCC(CNC3CC3c3cccnc3)CC2)cc1.O=C(O)C(F)(F)F. The van der Waals surface area contributed by atoms with Crippen molar-refractivity contribution in [2.45, 2.75) is 50.2 Å². The van der Waals surface area contributed by atoms with Crippen LogP contribution in [-0.2, 0) is 11.2 Å². The van der Waals surface area contributed by atoms with Crippen molar-refractivity contribution >= 4 is 11.9 Å². The molecule has 2 atom stereocenters. The van der Waals surface area contributed by atoms with Gasteiger partial charge in [0.1, 0.15) is 0 Å². The summed E-state index contributed by atoms with van der Waals surface area (Å²) in [7, 11) is 0. The highest BCUT2D eigenvalue weighted by Crippen LogP contribution is 2.40. The molecule has 1 aromatic carbocycles. The Labute approximate surface area is 213 Å². The summed E-state index contributed by atoms with van der Waals surface area (Å²) in [5, 5.41) is 19.6. The van der Waals surface area contributed by atoms with Crippen molar-refractivity contribution in [2.75, 3.05) is 26.2 Å². The van der Waals surface area contributed by atoms with Crippen molar-refractivity contribution in [3.05, 3.63) is 65.5 Å². The smallest absolute Gasteiger partial charge is 0.475 e. The van der Waals surface area contributed by atoms with Gasteiger partial charge >= 0.3 is 12.1 Å². The van der Waals surface area contributed by atoms with Gasteiger partial charge in [-0.2, -0.15) is 13.2 Å². The van der Waals surface area contributed by atoms with E-state index in [-0.39, 0.29) is 0 Å². The first-order valence-corrected chi connectivity index (χ1v) is 12.4. The maximum absolute atomic E-state index is 11.4. The molecule has 1 aromatic heterocycles. The third-order valence-electron chi connectivity index (χ3n) is 6.78. The number of aliphatic carboxylic acids is 1. The number of hydrogen-bond donors (Lipinski definition) is 4. The van der Waals surface area contributed by atoms with E-state index >= 15 is 0 Å². The molecule has 4 N–H and O–H groups in total. The second-order valence-corrected chi connectivity index (χ2v) is 9.47. The summed E-state index contributed by atoms with van der Waals surface area (Å²) in [6, 6.07) is 12.3. The number of likely N-dealkylation sites (tertiary alicyclic amines) is 1. The van der Waals surface area contributed by atoms with Gasteiger partial charge in [0.25, 0.3) is 5.91 Å². The summed E-state index contributed by atoms with van der Waals surface area (Å²) in [4.78, 5) is 27.1. The summed E-state index contributed by atoms with van der Waals surface area (Å²) >= 11 is 0. The van der Waals surface area contributed by atoms with Crippen LogP contribution in [0.25, 0.3) is 0 Å². The van der Waals surface area contributed by atoms with Crippen molar-refractivity contribution in [1.82, 2.24) is 20.7 Å². The number of carbonyl (C=O) groups is 2. The average Bonchev–Trinajstić information content (AvgIpc) is 3.68. The Morgan fingerprint density at radius 2 is 1.78 bits per heavy atom. The maximum atomic E-state index is 11.4. The highest BCUT2D eigenvalue weighted by atomic mass is 19.4. The van der Waals surface area contributed by atoms with E-state index in [4.69, 9.17) is 15.1 Å². The molecule has 37 heavy (non-hydrogen) atoms. The largest absolute Gasteiger partial charge is 0.490 e. The number of carbonyl (C=O) groups excluding carboxylic acids is 1. The number of carboxylic acids is 1. The van der Waals surface area contributed by atoms with Gasteiger partial charge in [0.2, 0.25) is 0 Å². The van der Waals surface area contributed by atoms with E-state index in [1.54, 1.807) is 17.6 Å². The first-order valence-electron chi connectivity index (χ1n) is 12.4. The van der Waals surface area contributed by atoms with Crippen LogP contribution in [0.3, 0.4) is 0 Å². The van der Waals surface area contributed by atoms with E-state index in [9.17, 15) is 18.0 Å². The fourth-order valence-corrected chi connectivity index (χ4v) is 4.51. The second-order valence-electron chi connectivity index (χ2n) is 9.47. The number of rotatable bonds is 9. The van der Waals surface area contributed by atoms with Crippen molar-refractivity contribution in [1.29, 1.82) is 0 Å². The van der Waals surface area contributed by atoms with Crippen molar-refractivity contribution < 1.29 is 33.1 Å². The molecule has 2 aromatic rings. The minimum Gasteiger partial charge on any atom is -0.475 e. The van der Waals surface area contributed by atoms with Crippen LogP contribution in [0.1, 0.15) is 53.1 Å². The lowest BCUT2D eigenvalue weighted by Gasteiger charge is -2.32. The monoisotopic (exact) mass is 522 g/mol. The maximum Gasteiger partial charge on any atom is 0.490 e. The Kier molecular flexibility index (Phi) is 10.4. The number of hydroxylamine groups is 1. The average molecular weight is 523 g/mol. The molecule has 4 rings (SSSR count). The number of carboxylic acid groups (broad SMARTS) is 1. The van der Waals surface area contributed by atoms with Crippen molar-refractivity contribution in [3.8, 4) is 0 Å². The van der Waals surface area contributed by atoms with Gasteiger partial charge in [-0.25, -0.2) is 10.3 Å². The number of benzene rings is 1. The summed E-state index contributed by atoms with van der Waals surface area (Å²) in [5.74, 6) is -1.77. The van der Waals surface area contributed by atoms with Crippen molar-refractivity contribution in [2.24, 2.45) is 5.92 Å². The summed E-state index contributed by atoms with van der Waals surface area (Å²) in [5.41, 5.74) is 4.75. The molecule has 11 heteroatoms. The van der Waals surface area contributed by atoms with Gasteiger partial charge in [0.05, 0.1) is 0 Å². The Hall–Kier alpha value is -3.02. The molecule has 1 aliphatic carbocycles. The number of alkyl halides is 3. The molecule has 1 amide bonds. The van der Waals surface area contributed by atoms with Crippen LogP contribution in [-0.4, -0.2) is 70.5 Å². The Morgan fingerprint density at radius 1 is 1.11 bits per heavy atom. The lowest BCUT2D eigenvalue weighted by Crippen LogP contribution is -2.38. The van der Waals surface area contributed by atoms with Crippen LogP contribution in [0.5, 0.6) is 0 Å². The summed E-state index contributed by atoms with van der Waals surface area (Å²) in [6.45, 7) is 4.66. The molecule has 202 valence electrons. The Balaban J connectivity index is 0.000000479. The lowest BCUT2D eigenvalue weighted by molar-refractivity contribution is -0.192. The molecule has 0 spiro atoms. The first-order chi connectivity index (χ1) is 17.7. The fourth-order valence-electron chi connectivity index (χ4n) is 4.51. The van der Waals surface area contributed by atoms with Gasteiger partial charge in [0.15, 0.2) is 0 Å². The highest BCUT2D eigenvalue weighted by Gasteiger charge is 2.39. The molecular formula is C26H33F3N4O4. The molecule has 1 saturated heterocycles. The number of halogens is 3. The van der Waals surface area contributed by atoms with Gasteiger partial charge in [-0.1, -0.05) is 18.2 Å². The molecule has 1 aliphatic heterocycles. The zero-order chi connectivity index (χ0) is 26.8. The topological polar surface area (TPSA) is 115 Å². The molecule has 2 aliphatic rings. The van der Waals surface area contributed by atoms with E-state index < -0.39 is 18.1 Å². The fraction of sp³-hybridized carbons (Fsp3) is 0.500. The molecule has 0 radical (unpaired) electrons. The van der Waals surface area contributed by atoms with Crippen molar-refractivity contribution in [3.63, 3.8) is 0 Å². The summed E-state index contributed by atoms with van der Waals surface area (Å²) in [6.07, 6.45) is 4.71. The van der Waals surface area contributed by atoms with Crippen LogP contribution in [0.2, 0.25) is 0 Å². The first kappa shape index (κ1) is 28.5. The number of piperidine rings is 1. The van der Waals surface area contributed by atoms with Crippen LogP contribution >= 0.6 is 0 Å². The quantitative estimate of drug-likeness (QED) is 0.294. The number of pyridine rings is 1. The number of hydrogen-bond acceptors (Lipinski definition) is 6. The molecular weight excluding hydrogens is 489 g/mol. The molecule has 2 heterocycles. The van der Waals surface area contributed by atoms with E-state index in [1.807, 2.05) is 30.6 Å². The Morgan fingerprint density at radius 3 is 2.35 bits per heavy atom. The second kappa shape index (κ2) is 13.5. The van der Waals surface area contributed by atoms with Gasteiger partial charge in [0, 0.05) is 29.9 Å². The molecule has 2 unspecified atom stereocenters. The van der Waals surface area contributed by atoms with E-state index in [2.05, 4.69) is 21.3 Å². The van der Waals surface area contributed by atoms with Gasteiger partial charge in [-0.3, -0.25) is 15.0 Å². The standard InChI is InChI=1S/C24H32N4O2.C2HF3O2/c29-24(27-30)20-7-5-18(6-8-20)3-2-12-28-13-9-19(10-14-28)16-26-23-15-22(23)21-4-1-11-25-17-21;3-2(4,5)1(6)7/h1,4-8,11,17,19,22-23,26,30H,2-3,9-10,12-16H2,(H,27,29);(H,6,7). The molecule has 2 fully saturated rings. The van der Waals surface area contributed by atoms with Crippen LogP contribution < -0.4 is 10.8 Å². The number of nitrogens with one attached hydrogen (secondary N) is 2. The zero-order valence-corrected chi connectivity index (χ0v) is 20.5. The van der Waals surface area contributed by atoms with E-state index in [0.717, 1.165) is 31.8 Å². The Bertz CT molecular complexity index is 997. The number of amides is 1. The minimum atomic E-state index is -5.08. The number of aromatic nitrogens is 1.